The standard InChI is InChI=1S/C22H21BrClN3O2/c1-21(2)19(27-11-16-14(18(27)28)7-8-17(23)26-16)22(3,4)20(21)29-13-6-5-12(10-25)15(24)9-13/h5-9,19-20H,11H2,1-4H3. The van der Waals surface area contributed by atoms with Crippen LogP contribution in [0.1, 0.15) is 49.3 Å². The second-order valence-corrected chi connectivity index (χ2v) is 10.1. The van der Waals surface area contributed by atoms with Crippen molar-refractivity contribution < 1.29 is 9.53 Å². The fourth-order valence-corrected chi connectivity index (χ4v) is 5.96. The van der Waals surface area contributed by atoms with Gasteiger partial charge < -0.3 is 9.64 Å². The van der Waals surface area contributed by atoms with Gasteiger partial charge >= 0.3 is 0 Å². The van der Waals surface area contributed by atoms with Crippen LogP contribution in [0.25, 0.3) is 0 Å². The predicted molar refractivity (Wildman–Crippen MR) is 114 cm³/mol. The van der Waals surface area contributed by atoms with Crippen molar-refractivity contribution in [2.24, 2.45) is 10.8 Å². The van der Waals surface area contributed by atoms with E-state index in [-0.39, 0.29) is 28.9 Å². The maximum absolute atomic E-state index is 13.1. The van der Waals surface area contributed by atoms with Gasteiger partial charge in [-0.25, -0.2) is 4.98 Å². The van der Waals surface area contributed by atoms with Gasteiger partial charge in [0, 0.05) is 22.9 Å². The number of nitriles is 1. The van der Waals surface area contributed by atoms with E-state index < -0.39 is 0 Å². The van der Waals surface area contributed by atoms with Gasteiger partial charge in [0.05, 0.1) is 28.4 Å². The Balaban J connectivity index is 1.60. The number of carbonyl (C=O) groups is 1. The van der Waals surface area contributed by atoms with Crippen molar-refractivity contribution in [1.29, 1.82) is 5.26 Å². The van der Waals surface area contributed by atoms with Crippen molar-refractivity contribution in [1.82, 2.24) is 9.88 Å². The third kappa shape index (κ3) is 3.03. The number of halogens is 2. The number of benzene rings is 1. The first-order valence-electron chi connectivity index (χ1n) is 9.40. The highest BCUT2D eigenvalue weighted by Gasteiger charge is 2.67. The zero-order chi connectivity index (χ0) is 21.1. The molecule has 0 radical (unpaired) electrons. The number of rotatable bonds is 3. The van der Waals surface area contributed by atoms with Crippen molar-refractivity contribution in [2.75, 3.05) is 0 Å². The number of carbonyl (C=O) groups excluding carboxylic acids is 1. The van der Waals surface area contributed by atoms with Crippen molar-refractivity contribution >= 4 is 33.4 Å². The molecule has 2 aromatic rings. The summed E-state index contributed by atoms with van der Waals surface area (Å²) in [5.41, 5.74) is 1.34. The second kappa shape index (κ2) is 6.72. The Hall–Kier alpha value is -2.10. The van der Waals surface area contributed by atoms with E-state index in [1.165, 1.54) is 0 Å². The maximum atomic E-state index is 13.1. The van der Waals surface area contributed by atoms with E-state index in [0.29, 0.717) is 28.4 Å². The smallest absolute Gasteiger partial charge is 0.256 e. The van der Waals surface area contributed by atoms with Gasteiger partial charge in [0.15, 0.2) is 0 Å². The molecule has 150 valence electrons. The minimum absolute atomic E-state index is 0.00525. The fourth-order valence-electron chi connectivity index (χ4n) is 5.40. The highest BCUT2D eigenvalue weighted by atomic mass is 79.9. The summed E-state index contributed by atoms with van der Waals surface area (Å²) >= 11 is 9.55. The van der Waals surface area contributed by atoms with Gasteiger partial charge in [0.2, 0.25) is 0 Å². The lowest BCUT2D eigenvalue weighted by atomic mass is 9.49. The summed E-state index contributed by atoms with van der Waals surface area (Å²) in [5, 5.41) is 9.44. The maximum Gasteiger partial charge on any atom is 0.256 e. The first-order chi connectivity index (χ1) is 13.6. The van der Waals surface area contributed by atoms with E-state index in [0.717, 1.165) is 10.3 Å². The molecule has 1 aromatic carbocycles. The molecule has 29 heavy (non-hydrogen) atoms. The number of nitrogens with zero attached hydrogens (tertiary/aromatic N) is 3. The first kappa shape index (κ1) is 20.2. The number of hydrogen-bond acceptors (Lipinski definition) is 4. The summed E-state index contributed by atoms with van der Waals surface area (Å²) < 4.78 is 7.06. The van der Waals surface area contributed by atoms with Crippen molar-refractivity contribution in [3.63, 3.8) is 0 Å². The molecule has 5 nitrogen and oxygen atoms in total. The molecule has 0 bridgehead atoms. The molecule has 4 rings (SSSR count). The van der Waals surface area contributed by atoms with Crippen molar-refractivity contribution in [3.05, 3.63) is 56.8 Å². The summed E-state index contributed by atoms with van der Waals surface area (Å²) in [4.78, 5) is 19.5. The van der Waals surface area contributed by atoms with E-state index in [4.69, 9.17) is 21.6 Å². The zero-order valence-corrected chi connectivity index (χ0v) is 19.0. The van der Waals surface area contributed by atoms with Gasteiger partial charge in [-0.05, 0) is 40.2 Å². The largest absolute Gasteiger partial charge is 0.489 e. The molecule has 0 N–H and O–H groups in total. The van der Waals surface area contributed by atoms with Crippen molar-refractivity contribution in [2.45, 2.75) is 46.4 Å². The van der Waals surface area contributed by atoms with Crippen LogP contribution < -0.4 is 4.74 Å². The Morgan fingerprint density at radius 3 is 2.55 bits per heavy atom. The SMILES string of the molecule is CC1(C)C(Oc2ccc(C#N)c(Cl)c2)C(C)(C)C1N1Cc2nc(Br)ccc2C1=O. The molecule has 1 amide bonds. The minimum atomic E-state index is -0.279. The number of hydrogen-bond donors (Lipinski definition) is 0. The van der Waals surface area contributed by atoms with Gasteiger partial charge in [-0.15, -0.1) is 0 Å². The molecule has 1 aliphatic carbocycles. The molecule has 1 fully saturated rings. The highest BCUT2D eigenvalue weighted by molar-refractivity contribution is 9.10. The van der Waals surface area contributed by atoms with Gasteiger partial charge in [-0.3, -0.25) is 4.79 Å². The number of fused-ring (bicyclic) bond motifs is 1. The van der Waals surface area contributed by atoms with E-state index in [9.17, 15) is 4.79 Å². The molecule has 0 atom stereocenters. The summed E-state index contributed by atoms with van der Waals surface area (Å²) in [6.45, 7) is 8.99. The molecule has 1 aromatic heterocycles. The van der Waals surface area contributed by atoms with E-state index >= 15 is 0 Å². The number of aromatic nitrogens is 1. The summed E-state index contributed by atoms with van der Waals surface area (Å²) in [6, 6.07) is 10.8. The van der Waals surface area contributed by atoms with Crippen LogP contribution in [0.2, 0.25) is 5.02 Å². The van der Waals surface area contributed by atoms with Crippen molar-refractivity contribution in [3.8, 4) is 11.8 Å². The third-order valence-corrected chi connectivity index (χ3v) is 6.89. The molecule has 0 unspecified atom stereocenters. The summed E-state index contributed by atoms with van der Waals surface area (Å²) in [6.07, 6.45) is -0.125. The van der Waals surface area contributed by atoms with Crippen LogP contribution in [0.3, 0.4) is 0 Å². The molecule has 0 spiro atoms. The van der Waals surface area contributed by atoms with E-state index in [1.54, 1.807) is 24.3 Å². The number of ether oxygens (including phenoxy) is 1. The van der Waals surface area contributed by atoms with Crippen LogP contribution in [-0.2, 0) is 6.54 Å². The lowest BCUT2D eigenvalue weighted by Crippen LogP contribution is -2.74. The quantitative estimate of drug-likeness (QED) is 0.573. The number of amides is 1. The highest BCUT2D eigenvalue weighted by Crippen LogP contribution is 2.59. The van der Waals surface area contributed by atoms with E-state index in [1.807, 2.05) is 11.0 Å². The first-order valence-corrected chi connectivity index (χ1v) is 10.6. The molecule has 1 aliphatic heterocycles. The average molecular weight is 475 g/mol. The Bertz CT molecular complexity index is 1040. The Morgan fingerprint density at radius 1 is 1.24 bits per heavy atom. The predicted octanol–water partition coefficient (Wildman–Crippen LogP) is 5.21. The average Bonchev–Trinajstić information content (AvgIpc) is 2.94. The van der Waals surface area contributed by atoms with Crippen LogP contribution >= 0.6 is 27.5 Å². The Labute approximate surface area is 183 Å². The van der Waals surface area contributed by atoms with Crippen LogP contribution in [0.5, 0.6) is 5.75 Å². The van der Waals surface area contributed by atoms with Crippen LogP contribution in [-0.4, -0.2) is 27.9 Å². The molecular formula is C22H21BrClN3O2. The minimum Gasteiger partial charge on any atom is -0.489 e. The molecular weight excluding hydrogens is 454 g/mol. The Kier molecular flexibility index (Phi) is 4.67. The van der Waals surface area contributed by atoms with Gasteiger partial charge in [0.1, 0.15) is 22.5 Å². The molecule has 0 saturated heterocycles. The molecule has 2 heterocycles. The van der Waals surface area contributed by atoms with Crippen LogP contribution in [0.4, 0.5) is 0 Å². The second-order valence-electron chi connectivity index (χ2n) is 8.86. The van der Waals surface area contributed by atoms with Gasteiger partial charge in [-0.2, -0.15) is 5.26 Å². The fraction of sp³-hybridized carbons (Fsp3) is 0.409. The summed E-state index contributed by atoms with van der Waals surface area (Å²) in [7, 11) is 0. The monoisotopic (exact) mass is 473 g/mol. The number of pyridine rings is 1. The van der Waals surface area contributed by atoms with Gasteiger partial charge in [0.25, 0.3) is 5.91 Å². The van der Waals surface area contributed by atoms with E-state index in [2.05, 4.69) is 54.7 Å². The normalized spacial score (nSPS) is 23.9. The third-order valence-electron chi connectivity index (χ3n) is 6.14. The molecule has 1 saturated carbocycles. The molecule has 2 aliphatic rings. The topological polar surface area (TPSA) is 66.2 Å². The lowest BCUT2D eigenvalue weighted by molar-refractivity contribution is -0.199. The zero-order valence-electron chi connectivity index (χ0n) is 16.7. The van der Waals surface area contributed by atoms with Gasteiger partial charge in [-0.1, -0.05) is 39.3 Å². The molecule has 7 heteroatoms. The van der Waals surface area contributed by atoms with Crippen LogP contribution in [0.15, 0.2) is 34.9 Å². The lowest BCUT2D eigenvalue weighted by Gasteiger charge is -2.65. The Morgan fingerprint density at radius 2 is 1.93 bits per heavy atom. The van der Waals surface area contributed by atoms with Crippen LogP contribution in [0, 0.1) is 22.2 Å². The summed E-state index contributed by atoms with van der Waals surface area (Å²) in [5.74, 6) is 0.645.